The first-order valence-electron chi connectivity index (χ1n) is 2.37. The molecule has 0 aliphatic heterocycles. The van der Waals surface area contributed by atoms with Crippen molar-refractivity contribution in [3.63, 3.8) is 0 Å². The third-order valence-corrected chi connectivity index (χ3v) is 1.48. The molecule has 0 spiro atoms. The van der Waals surface area contributed by atoms with Crippen molar-refractivity contribution in [2.75, 3.05) is 18.8 Å². The molecule has 0 saturated heterocycles. The van der Waals surface area contributed by atoms with Crippen LogP contribution in [0.15, 0.2) is 0 Å². The molecular weight excluding hydrogens is 124 g/mol. The van der Waals surface area contributed by atoms with Gasteiger partial charge in [0.15, 0.2) is 0 Å². The van der Waals surface area contributed by atoms with Crippen LogP contribution in [0.5, 0.6) is 0 Å². The molecule has 0 saturated carbocycles. The number of nitrogens with two attached hydrogens (primary N) is 2. The second-order valence-corrected chi connectivity index (χ2v) is 2.37. The van der Waals surface area contributed by atoms with Crippen LogP contribution in [-0.4, -0.2) is 24.0 Å². The highest BCUT2D eigenvalue weighted by Crippen LogP contribution is 1.96. The summed E-state index contributed by atoms with van der Waals surface area (Å²) >= 11 is 1.19. The van der Waals surface area contributed by atoms with Gasteiger partial charge < -0.3 is 11.5 Å². The quantitative estimate of drug-likeness (QED) is 0.528. The van der Waals surface area contributed by atoms with Crippen LogP contribution in [0.1, 0.15) is 0 Å². The Morgan fingerprint density at radius 1 is 1.50 bits per heavy atom. The zero-order valence-corrected chi connectivity index (χ0v) is 5.41. The zero-order valence-electron chi connectivity index (χ0n) is 4.59. The monoisotopic (exact) mass is 134 g/mol. The van der Waals surface area contributed by atoms with E-state index in [0.717, 1.165) is 0 Å². The van der Waals surface area contributed by atoms with Gasteiger partial charge in [0.05, 0.1) is 6.54 Å². The topological polar surface area (TPSA) is 69.1 Å². The number of carbonyl (C=O) groups is 1. The summed E-state index contributed by atoms with van der Waals surface area (Å²) in [5.74, 6) is 0.677. The number of hydrogen-bond acceptors (Lipinski definition) is 4. The summed E-state index contributed by atoms with van der Waals surface area (Å²) in [7, 11) is 0. The van der Waals surface area contributed by atoms with E-state index in [0.29, 0.717) is 12.3 Å². The van der Waals surface area contributed by atoms with Gasteiger partial charge in [-0.1, -0.05) is 11.8 Å². The van der Waals surface area contributed by atoms with Crippen molar-refractivity contribution in [3.05, 3.63) is 0 Å². The van der Waals surface area contributed by atoms with Crippen molar-refractivity contribution >= 4 is 16.9 Å². The molecule has 0 atom stereocenters. The molecule has 0 aromatic rings. The van der Waals surface area contributed by atoms with E-state index in [2.05, 4.69) is 0 Å². The van der Waals surface area contributed by atoms with Crippen LogP contribution in [0.4, 0.5) is 0 Å². The van der Waals surface area contributed by atoms with E-state index in [1.807, 2.05) is 0 Å². The summed E-state index contributed by atoms with van der Waals surface area (Å²) in [5, 5.41) is 0.00968. The van der Waals surface area contributed by atoms with Gasteiger partial charge in [-0.05, 0) is 0 Å². The predicted octanol–water partition coefficient (Wildman–Crippen LogP) is -0.836. The number of thioether (sulfide) groups is 1. The van der Waals surface area contributed by atoms with Crippen molar-refractivity contribution in [1.29, 1.82) is 0 Å². The van der Waals surface area contributed by atoms with Crippen LogP contribution in [0.2, 0.25) is 0 Å². The molecule has 0 fully saturated rings. The van der Waals surface area contributed by atoms with E-state index < -0.39 is 0 Å². The Balaban J connectivity index is 2.99. The van der Waals surface area contributed by atoms with E-state index in [-0.39, 0.29) is 11.7 Å². The average molecular weight is 134 g/mol. The molecular formula is C4H10N2OS. The largest absolute Gasteiger partial charge is 0.330 e. The number of carbonyl (C=O) groups excluding carboxylic acids is 1. The molecule has 4 heteroatoms. The molecule has 0 radical (unpaired) electrons. The SMILES string of the molecule is NCCSC(=O)CN. The summed E-state index contributed by atoms with van der Waals surface area (Å²) in [5.41, 5.74) is 10.1. The second-order valence-electron chi connectivity index (χ2n) is 1.21. The predicted molar refractivity (Wildman–Crippen MR) is 35.6 cm³/mol. The lowest BCUT2D eigenvalue weighted by atomic mass is 10.8. The van der Waals surface area contributed by atoms with Crippen LogP contribution in [0.3, 0.4) is 0 Å². The molecule has 48 valence electrons. The smallest absolute Gasteiger partial charge is 0.202 e. The van der Waals surface area contributed by atoms with Crippen molar-refractivity contribution in [1.82, 2.24) is 0 Å². The molecule has 0 aromatic carbocycles. The lowest BCUT2D eigenvalue weighted by Gasteiger charge is -1.91. The molecule has 0 aliphatic rings. The van der Waals surface area contributed by atoms with Crippen molar-refractivity contribution < 1.29 is 4.79 Å². The third kappa shape index (κ3) is 4.11. The maximum absolute atomic E-state index is 10.4. The van der Waals surface area contributed by atoms with Gasteiger partial charge in [-0.25, -0.2) is 0 Å². The first-order valence-corrected chi connectivity index (χ1v) is 3.35. The van der Waals surface area contributed by atoms with E-state index in [4.69, 9.17) is 11.5 Å². The van der Waals surface area contributed by atoms with Crippen molar-refractivity contribution in [3.8, 4) is 0 Å². The highest BCUT2D eigenvalue weighted by atomic mass is 32.2. The van der Waals surface area contributed by atoms with Crippen LogP contribution in [0.25, 0.3) is 0 Å². The van der Waals surface area contributed by atoms with E-state index in [1.54, 1.807) is 0 Å². The standard InChI is InChI=1S/C4H10N2OS/c5-1-2-8-4(7)3-6/h1-3,5-6H2. The van der Waals surface area contributed by atoms with Gasteiger partial charge in [0.25, 0.3) is 0 Å². The maximum atomic E-state index is 10.4. The fourth-order valence-electron chi connectivity index (χ4n) is 0.232. The molecule has 0 rings (SSSR count). The molecule has 0 heterocycles. The van der Waals surface area contributed by atoms with Gasteiger partial charge >= 0.3 is 0 Å². The Labute approximate surface area is 52.8 Å². The first kappa shape index (κ1) is 7.94. The van der Waals surface area contributed by atoms with E-state index in [9.17, 15) is 4.79 Å². The fourth-order valence-corrected chi connectivity index (χ4v) is 0.695. The average Bonchev–Trinajstić information content (AvgIpc) is 1.83. The Morgan fingerprint density at radius 3 is 2.50 bits per heavy atom. The summed E-state index contributed by atoms with van der Waals surface area (Å²) < 4.78 is 0. The Bertz CT molecular complexity index is 76.4. The molecule has 0 bridgehead atoms. The van der Waals surface area contributed by atoms with Gasteiger partial charge in [0, 0.05) is 12.3 Å². The minimum absolute atomic E-state index is 0.00968. The van der Waals surface area contributed by atoms with Gasteiger partial charge in [0.2, 0.25) is 5.12 Å². The highest BCUT2D eigenvalue weighted by Gasteiger charge is 1.94. The summed E-state index contributed by atoms with van der Waals surface area (Å²) in [6.45, 7) is 0.654. The number of rotatable bonds is 3. The maximum Gasteiger partial charge on any atom is 0.202 e. The Kier molecular flexibility index (Phi) is 5.05. The van der Waals surface area contributed by atoms with Gasteiger partial charge in [-0.3, -0.25) is 4.79 Å². The molecule has 0 aliphatic carbocycles. The van der Waals surface area contributed by atoms with E-state index >= 15 is 0 Å². The summed E-state index contributed by atoms with van der Waals surface area (Å²) in [4.78, 5) is 10.4. The second kappa shape index (κ2) is 5.08. The number of hydrogen-bond donors (Lipinski definition) is 2. The Hall–Kier alpha value is -0.0600. The molecule has 0 amide bonds. The van der Waals surface area contributed by atoms with Crippen LogP contribution >= 0.6 is 11.8 Å². The minimum atomic E-state index is 0.00968. The molecule has 3 nitrogen and oxygen atoms in total. The van der Waals surface area contributed by atoms with Crippen molar-refractivity contribution in [2.24, 2.45) is 11.5 Å². The van der Waals surface area contributed by atoms with Crippen LogP contribution in [-0.2, 0) is 4.79 Å². The highest BCUT2D eigenvalue weighted by molar-refractivity contribution is 8.13. The van der Waals surface area contributed by atoms with E-state index in [1.165, 1.54) is 11.8 Å². The molecule has 4 N–H and O–H groups in total. The first-order chi connectivity index (χ1) is 3.81. The lowest BCUT2D eigenvalue weighted by Crippen LogP contribution is -2.12. The Morgan fingerprint density at radius 2 is 2.12 bits per heavy atom. The van der Waals surface area contributed by atoms with Crippen molar-refractivity contribution in [2.45, 2.75) is 0 Å². The minimum Gasteiger partial charge on any atom is -0.330 e. The molecule has 0 unspecified atom stereocenters. The fraction of sp³-hybridized carbons (Fsp3) is 0.750. The zero-order chi connectivity index (χ0) is 6.41. The summed E-state index contributed by atoms with van der Waals surface area (Å²) in [6.07, 6.45) is 0. The third-order valence-electron chi connectivity index (χ3n) is 0.548. The lowest BCUT2D eigenvalue weighted by molar-refractivity contribution is -0.109. The normalized spacial score (nSPS) is 9.25. The van der Waals surface area contributed by atoms with Gasteiger partial charge in [-0.15, -0.1) is 0 Å². The van der Waals surface area contributed by atoms with Gasteiger partial charge in [-0.2, -0.15) is 0 Å². The molecule has 8 heavy (non-hydrogen) atoms. The van der Waals surface area contributed by atoms with Gasteiger partial charge in [0.1, 0.15) is 0 Å². The van der Waals surface area contributed by atoms with Crippen LogP contribution in [0, 0.1) is 0 Å². The summed E-state index contributed by atoms with van der Waals surface area (Å²) in [6, 6.07) is 0. The van der Waals surface area contributed by atoms with Crippen LogP contribution < -0.4 is 11.5 Å². The molecule has 0 aromatic heterocycles.